The van der Waals surface area contributed by atoms with Crippen LogP contribution in [0.15, 0.2) is 49.1 Å². The zero-order chi connectivity index (χ0) is 24.1. The van der Waals surface area contributed by atoms with Crippen LogP contribution < -0.4 is 4.74 Å². The van der Waals surface area contributed by atoms with Crippen molar-refractivity contribution in [1.82, 2.24) is 0 Å². The summed E-state index contributed by atoms with van der Waals surface area (Å²) in [4.78, 5) is 0. The minimum absolute atomic E-state index is 0.0893. The first-order valence-corrected chi connectivity index (χ1v) is 12.7. The summed E-state index contributed by atoms with van der Waals surface area (Å²) in [5.41, 5.74) is 1.84. The molecule has 0 N–H and O–H groups in total. The second kappa shape index (κ2) is 11.3. The highest BCUT2D eigenvalue weighted by molar-refractivity contribution is 5.52. The molecule has 0 heterocycles. The van der Waals surface area contributed by atoms with Gasteiger partial charge in [0.25, 0.3) is 0 Å². The molecule has 0 aromatic heterocycles. The Bertz CT molecular complexity index is 1010. The predicted molar refractivity (Wildman–Crippen MR) is 133 cm³/mol. The van der Waals surface area contributed by atoms with Crippen molar-refractivity contribution in [3.05, 3.63) is 83.2 Å². The Kier molecular flexibility index (Phi) is 8.18. The van der Waals surface area contributed by atoms with E-state index in [4.69, 9.17) is 4.74 Å². The summed E-state index contributed by atoms with van der Waals surface area (Å²) >= 11 is 0. The minimum Gasteiger partial charge on any atom is -0.491 e. The van der Waals surface area contributed by atoms with E-state index in [0.717, 1.165) is 56.9 Å². The fourth-order valence-corrected chi connectivity index (χ4v) is 5.62. The summed E-state index contributed by atoms with van der Waals surface area (Å²) < 4.78 is 49.2. The molecule has 0 unspecified atom stereocenters. The smallest absolute Gasteiger partial charge is 0.166 e. The van der Waals surface area contributed by atoms with Crippen LogP contribution >= 0.6 is 0 Å². The number of ether oxygens (including phenoxy) is 1. The topological polar surface area (TPSA) is 9.23 Å². The largest absolute Gasteiger partial charge is 0.491 e. The normalized spacial score (nSPS) is 25.4. The molecule has 0 radical (unpaired) electrons. The third-order valence-electron chi connectivity index (χ3n) is 7.73. The molecular weight excluding hydrogens is 433 g/mol. The minimum atomic E-state index is -0.738. The van der Waals surface area contributed by atoms with Crippen molar-refractivity contribution in [3.8, 4) is 5.75 Å². The van der Waals surface area contributed by atoms with Crippen LogP contribution in [0.4, 0.5) is 13.2 Å². The Morgan fingerprint density at radius 2 is 1.53 bits per heavy atom. The van der Waals surface area contributed by atoms with Gasteiger partial charge in [-0.15, -0.1) is 6.58 Å². The summed E-state index contributed by atoms with van der Waals surface area (Å²) in [6, 6.07) is 8.76. The summed E-state index contributed by atoms with van der Waals surface area (Å²) in [5, 5.41) is 0. The molecule has 2 aromatic rings. The van der Waals surface area contributed by atoms with E-state index in [1.807, 2.05) is 25.1 Å². The number of benzene rings is 2. The first-order chi connectivity index (χ1) is 16.5. The molecule has 4 heteroatoms. The molecule has 1 nitrogen and oxygen atoms in total. The molecule has 2 aromatic carbocycles. The van der Waals surface area contributed by atoms with E-state index in [9.17, 15) is 13.2 Å². The van der Waals surface area contributed by atoms with E-state index in [2.05, 4.69) is 6.58 Å². The van der Waals surface area contributed by atoms with Gasteiger partial charge in [0.2, 0.25) is 0 Å². The molecule has 0 amide bonds. The number of hydrogen-bond donors (Lipinski definition) is 0. The van der Waals surface area contributed by atoms with E-state index in [1.54, 1.807) is 30.3 Å². The van der Waals surface area contributed by atoms with Gasteiger partial charge in [-0.3, -0.25) is 0 Å². The number of allylic oxidation sites excluding steroid dienone is 2. The Balaban J connectivity index is 1.35. The van der Waals surface area contributed by atoms with Crippen molar-refractivity contribution >= 4 is 6.08 Å². The molecule has 4 rings (SSSR count). The summed E-state index contributed by atoms with van der Waals surface area (Å²) in [6.07, 6.45) is 13.3. The van der Waals surface area contributed by atoms with Crippen LogP contribution in [0.3, 0.4) is 0 Å². The highest BCUT2D eigenvalue weighted by Gasteiger charge is 2.25. The maximum absolute atomic E-state index is 14.9. The first-order valence-electron chi connectivity index (χ1n) is 12.7. The molecule has 0 bridgehead atoms. The van der Waals surface area contributed by atoms with Gasteiger partial charge in [-0.25, -0.2) is 13.2 Å². The van der Waals surface area contributed by atoms with Crippen molar-refractivity contribution in [2.45, 2.75) is 70.1 Å². The zero-order valence-corrected chi connectivity index (χ0v) is 20.0. The van der Waals surface area contributed by atoms with Crippen molar-refractivity contribution in [1.29, 1.82) is 0 Å². The lowest BCUT2D eigenvalue weighted by molar-refractivity contribution is 0.320. The molecular formula is C30H35F3O. The molecule has 34 heavy (non-hydrogen) atoms. The standard InChI is InChI=1S/C30H35F3O/c1-3-20-5-12-23(13-6-20)26-17-15-24(29(32)30(26)33)14-9-21-7-10-22(11-8-21)25-16-18-28(34-4-2)27(31)19-25/h3,9,14-23H,1,4-8,10-13H2,2H3. The van der Waals surface area contributed by atoms with Crippen LogP contribution in [0.5, 0.6) is 5.75 Å². The van der Waals surface area contributed by atoms with E-state index in [-0.39, 0.29) is 11.7 Å². The third-order valence-corrected chi connectivity index (χ3v) is 7.73. The van der Waals surface area contributed by atoms with Crippen LogP contribution in [-0.2, 0) is 0 Å². The molecule has 2 aliphatic carbocycles. The molecule has 182 valence electrons. The first kappa shape index (κ1) is 24.6. The molecule has 0 aliphatic heterocycles. The molecule has 2 aliphatic rings. The maximum atomic E-state index is 14.9. The molecule has 0 atom stereocenters. The van der Waals surface area contributed by atoms with Crippen molar-refractivity contribution < 1.29 is 17.9 Å². The van der Waals surface area contributed by atoms with Crippen LogP contribution in [-0.4, -0.2) is 6.61 Å². The van der Waals surface area contributed by atoms with Crippen LogP contribution in [0.1, 0.15) is 86.8 Å². The Hall–Kier alpha value is -2.49. The van der Waals surface area contributed by atoms with Gasteiger partial charge < -0.3 is 4.74 Å². The fraction of sp³-hybridized carbons (Fsp3) is 0.467. The second-order valence-electron chi connectivity index (χ2n) is 9.81. The summed E-state index contributed by atoms with van der Waals surface area (Å²) in [6.45, 7) is 6.14. The molecule has 0 spiro atoms. The lowest BCUT2D eigenvalue weighted by atomic mass is 9.78. The highest BCUT2D eigenvalue weighted by atomic mass is 19.2. The van der Waals surface area contributed by atoms with Crippen molar-refractivity contribution in [3.63, 3.8) is 0 Å². The van der Waals surface area contributed by atoms with Gasteiger partial charge >= 0.3 is 0 Å². The highest BCUT2D eigenvalue weighted by Crippen LogP contribution is 2.39. The van der Waals surface area contributed by atoms with Crippen LogP contribution in [0.2, 0.25) is 0 Å². The molecule has 2 saturated carbocycles. The number of rotatable bonds is 7. The third kappa shape index (κ3) is 5.59. The lowest BCUT2D eigenvalue weighted by Gasteiger charge is -2.27. The predicted octanol–water partition coefficient (Wildman–Crippen LogP) is 8.95. The van der Waals surface area contributed by atoms with Gasteiger partial charge in [-0.05, 0) is 105 Å². The van der Waals surface area contributed by atoms with E-state index >= 15 is 0 Å². The van der Waals surface area contributed by atoms with Gasteiger partial charge in [-0.1, -0.05) is 36.4 Å². The SMILES string of the molecule is C=CC1CCC(c2ccc(C=CC3CCC(c4ccc(OCC)c(F)c4)CC3)c(F)c2F)CC1. The summed E-state index contributed by atoms with van der Waals surface area (Å²) in [7, 11) is 0. The Morgan fingerprint density at radius 1 is 0.853 bits per heavy atom. The number of halogens is 3. The van der Waals surface area contributed by atoms with E-state index < -0.39 is 11.6 Å². The monoisotopic (exact) mass is 468 g/mol. The van der Waals surface area contributed by atoms with E-state index in [0.29, 0.717) is 41.2 Å². The van der Waals surface area contributed by atoms with Gasteiger partial charge in [0.05, 0.1) is 6.61 Å². The Morgan fingerprint density at radius 3 is 2.18 bits per heavy atom. The fourth-order valence-electron chi connectivity index (χ4n) is 5.62. The van der Waals surface area contributed by atoms with Gasteiger partial charge in [-0.2, -0.15) is 0 Å². The summed E-state index contributed by atoms with van der Waals surface area (Å²) in [5.74, 6) is -0.215. The van der Waals surface area contributed by atoms with E-state index in [1.165, 1.54) is 0 Å². The lowest BCUT2D eigenvalue weighted by Crippen LogP contribution is -2.13. The molecule has 0 saturated heterocycles. The van der Waals surface area contributed by atoms with Crippen LogP contribution in [0.25, 0.3) is 6.08 Å². The van der Waals surface area contributed by atoms with Crippen LogP contribution in [0, 0.1) is 29.3 Å². The number of hydrogen-bond acceptors (Lipinski definition) is 1. The van der Waals surface area contributed by atoms with Crippen molar-refractivity contribution in [2.75, 3.05) is 6.61 Å². The average molecular weight is 469 g/mol. The Labute approximate surface area is 201 Å². The van der Waals surface area contributed by atoms with Gasteiger partial charge in [0.15, 0.2) is 23.2 Å². The average Bonchev–Trinajstić information content (AvgIpc) is 2.87. The quantitative estimate of drug-likeness (QED) is 0.369. The maximum Gasteiger partial charge on any atom is 0.166 e. The van der Waals surface area contributed by atoms with Gasteiger partial charge in [0, 0.05) is 5.56 Å². The van der Waals surface area contributed by atoms with Gasteiger partial charge in [0.1, 0.15) is 0 Å². The second-order valence-corrected chi connectivity index (χ2v) is 9.81. The van der Waals surface area contributed by atoms with Crippen molar-refractivity contribution in [2.24, 2.45) is 11.8 Å². The zero-order valence-electron chi connectivity index (χ0n) is 20.0. The molecule has 2 fully saturated rings.